The predicted molar refractivity (Wildman–Crippen MR) is 64.2 cm³/mol. The molecule has 0 fully saturated rings. The van der Waals surface area contributed by atoms with Crippen molar-refractivity contribution in [2.45, 2.75) is 26.3 Å². The van der Waals surface area contributed by atoms with Crippen LogP contribution in [0.15, 0.2) is 27.5 Å². The molecule has 0 saturated heterocycles. The van der Waals surface area contributed by atoms with Crippen LogP contribution in [0, 0.1) is 0 Å². The van der Waals surface area contributed by atoms with E-state index in [2.05, 4.69) is 4.98 Å². The molecule has 0 spiro atoms. The number of fused-ring (bicyclic) bond motifs is 1. The highest BCUT2D eigenvalue weighted by Gasteiger charge is 2.22. The van der Waals surface area contributed by atoms with Gasteiger partial charge in [-0.15, -0.1) is 0 Å². The normalized spacial score (nSPS) is 12.6. The molecule has 0 aliphatic carbocycles. The van der Waals surface area contributed by atoms with Gasteiger partial charge in [0.25, 0.3) is 0 Å². The molecule has 18 heavy (non-hydrogen) atoms. The molecule has 0 aliphatic heterocycles. The molecule has 0 saturated carbocycles. The van der Waals surface area contributed by atoms with Crippen LogP contribution in [0.1, 0.15) is 26.3 Å². The third-order valence-electron chi connectivity index (χ3n) is 2.55. The van der Waals surface area contributed by atoms with E-state index in [1.807, 2.05) is 6.92 Å². The van der Waals surface area contributed by atoms with Crippen molar-refractivity contribution in [1.29, 1.82) is 0 Å². The lowest BCUT2D eigenvalue weighted by Crippen LogP contribution is -2.26. The van der Waals surface area contributed by atoms with E-state index >= 15 is 0 Å². The summed E-state index contributed by atoms with van der Waals surface area (Å²) in [5.74, 6) is -1.07. The summed E-state index contributed by atoms with van der Waals surface area (Å²) < 4.78 is 11.2. The predicted octanol–water partition coefficient (Wildman–Crippen LogP) is 1.50. The SMILES string of the molecule is CCCOC(=O)C(C)n1c(=O)oc2cccnc21. The third-order valence-corrected chi connectivity index (χ3v) is 2.55. The molecule has 2 heterocycles. The maximum absolute atomic E-state index is 11.7. The van der Waals surface area contributed by atoms with Crippen molar-refractivity contribution in [2.75, 3.05) is 6.61 Å². The first-order valence-corrected chi connectivity index (χ1v) is 5.77. The lowest BCUT2D eigenvalue weighted by atomic mass is 10.3. The molecule has 2 aromatic rings. The molecule has 6 nitrogen and oxygen atoms in total. The van der Waals surface area contributed by atoms with Crippen LogP contribution in [0.25, 0.3) is 11.2 Å². The molecule has 96 valence electrons. The maximum Gasteiger partial charge on any atom is 0.422 e. The Kier molecular flexibility index (Phi) is 3.45. The molecule has 1 unspecified atom stereocenters. The summed E-state index contributed by atoms with van der Waals surface area (Å²) in [5, 5.41) is 0. The van der Waals surface area contributed by atoms with Crippen LogP contribution in [0.5, 0.6) is 0 Å². The molecule has 0 bridgehead atoms. The molecular formula is C12H14N2O4. The van der Waals surface area contributed by atoms with Crippen molar-refractivity contribution in [2.24, 2.45) is 0 Å². The Morgan fingerprint density at radius 1 is 1.61 bits per heavy atom. The van der Waals surface area contributed by atoms with E-state index in [9.17, 15) is 9.59 Å². The average molecular weight is 250 g/mol. The summed E-state index contributed by atoms with van der Waals surface area (Å²) >= 11 is 0. The molecule has 6 heteroatoms. The highest BCUT2D eigenvalue weighted by Crippen LogP contribution is 2.15. The maximum atomic E-state index is 11.7. The van der Waals surface area contributed by atoms with Gasteiger partial charge < -0.3 is 9.15 Å². The standard InChI is InChI=1S/C12H14N2O4/c1-3-7-17-11(15)8(2)14-10-9(18-12(14)16)5-4-6-13-10/h4-6,8H,3,7H2,1-2H3. The fourth-order valence-corrected chi connectivity index (χ4v) is 1.64. The second kappa shape index (κ2) is 5.03. The summed E-state index contributed by atoms with van der Waals surface area (Å²) in [7, 11) is 0. The Labute approximate surface area is 103 Å². The quantitative estimate of drug-likeness (QED) is 0.769. The van der Waals surface area contributed by atoms with Gasteiger partial charge in [-0.05, 0) is 25.5 Å². The number of aromatic nitrogens is 2. The summed E-state index contributed by atoms with van der Waals surface area (Å²) in [6.45, 7) is 3.82. The lowest BCUT2D eigenvalue weighted by molar-refractivity contribution is -0.147. The number of esters is 1. The van der Waals surface area contributed by atoms with E-state index in [-0.39, 0.29) is 0 Å². The topological polar surface area (TPSA) is 74.3 Å². The van der Waals surface area contributed by atoms with Crippen LogP contribution in [0.3, 0.4) is 0 Å². The number of rotatable bonds is 4. The van der Waals surface area contributed by atoms with Crippen LogP contribution >= 0.6 is 0 Å². The first-order chi connectivity index (χ1) is 8.65. The van der Waals surface area contributed by atoms with Crippen molar-refractivity contribution < 1.29 is 13.9 Å². The molecule has 2 rings (SSSR count). The number of carbonyl (C=O) groups excluding carboxylic acids is 1. The van der Waals surface area contributed by atoms with Gasteiger partial charge >= 0.3 is 11.7 Å². The number of oxazole rings is 1. The Morgan fingerprint density at radius 3 is 3.11 bits per heavy atom. The van der Waals surface area contributed by atoms with Gasteiger partial charge in [0.05, 0.1) is 6.61 Å². The van der Waals surface area contributed by atoms with Crippen LogP contribution < -0.4 is 5.76 Å². The molecular weight excluding hydrogens is 236 g/mol. The third kappa shape index (κ3) is 2.13. The lowest BCUT2D eigenvalue weighted by Gasteiger charge is -2.11. The smallest absolute Gasteiger partial charge is 0.422 e. The number of nitrogens with zero attached hydrogens (tertiary/aromatic N) is 2. The fourth-order valence-electron chi connectivity index (χ4n) is 1.64. The summed E-state index contributed by atoms with van der Waals surface area (Å²) in [5.41, 5.74) is 0.709. The molecule has 0 amide bonds. The van der Waals surface area contributed by atoms with E-state index in [0.29, 0.717) is 17.8 Å². The van der Waals surface area contributed by atoms with Gasteiger partial charge in [0.2, 0.25) is 0 Å². The zero-order valence-corrected chi connectivity index (χ0v) is 10.3. The van der Waals surface area contributed by atoms with E-state index in [0.717, 1.165) is 6.42 Å². The first kappa shape index (κ1) is 12.3. The molecule has 0 aliphatic rings. The van der Waals surface area contributed by atoms with Gasteiger partial charge in [-0.3, -0.25) is 0 Å². The second-order valence-electron chi connectivity index (χ2n) is 3.91. The van der Waals surface area contributed by atoms with Crippen molar-refractivity contribution >= 4 is 17.2 Å². The molecule has 0 aromatic carbocycles. The minimum atomic E-state index is -0.750. The van der Waals surface area contributed by atoms with Gasteiger partial charge in [-0.25, -0.2) is 19.1 Å². The number of ether oxygens (including phenoxy) is 1. The van der Waals surface area contributed by atoms with Crippen molar-refractivity contribution in [3.63, 3.8) is 0 Å². The van der Waals surface area contributed by atoms with Gasteiger partial charge in [-0.1, -0.05) is 6.92 Å². The number of hydrogen-bond acceptors (Lipinski definition) is 5. The number of pyridine rings is 1. The van der Waals surface area contributed by atoms with Crippen LogP contribution in [0.2, 0.25) is 0 Å². The molecule has 0 radical (unpaired) electrons. The van der Waals surface area contributed by atoms with Gasteiger partial charge in [0.1, 0.15) is 6.04 Å². The van der Waals surface area contributed by atoms with Crippen LogP contribution in [0.4, 0.5) is 0 Å². The van der Waals surface area contributed by atoms with Gasteiger partial charge in [-0.2, -0.15) is 0 Å². The molecule has 2 aromatic heterocycles. The Hall–Kier alpha value is -2.11. The molecule has 1 atom stereocenters. The summed E-state index contributed by atoms with van der Waals surface area (Å²) in [6, 6.07) is 2.54. The Morgan fingerprint density at radius 2 is 2.39 bits per heavy atom. The fraction of sp³-hybridized carbons (Fsp3) is 0.417. The van der Waals surface area contributed by atoms with Gasteiger partial charge in [0, 0.05) is 6.20 Å². The van der Waals surface area contributed by atoms with Crippen LogP contribution in [-0.4, -0.2) is 22.1 Å². The van der Waals surface area contributed by atoms with Crippen LogP contribution in [-0.2, 0) is 9.53 Å². The van der Waals surface area contributed by atoms with Crippen molar-refractivity contribution in [3.05, 3.63) is 28.9 Å². The summed E-state index contributed by atoms with van der Waals surface area (Å²) in [4.78, 5) is 27.5. The zero-order chi connectivity index (χ0) is 13.1. The van der Waals surface area contributed by atoms with E-state index in [1.165, 1.54) is 10.8 Å². The largest absolute Gasteiger partial charge is 0.464 e. The Balaban J connectivity index is 2.38. The highest BCUT2D eigenvalue weighted by atomic mass is 16.5. The molecule has 0 N–H and O–H groups in total. The van der Waals surface area contributed by atoms with Gasteiger partial charge in [0.15, 0.2) is 11.2 Å². The minimum Gasteiger partial charge on any atom is -0.464 e. The van der Waals surface area contributed by atoms with E-state index < -0.39 is 17.8 Å². The van der Waals surface area contributed by atoms with Crippen molar-refractivity contribution in [3.8, 4) is 0 Å². The monoisotopic (exact) mass is 250 g/mol. The zero-order valence-electron chi connectivity index (χ0n) is 10.3. The number of carbonyl (C=O) groups is 1. The van der Waals surface area contributed by atoms with Crippen molar-refractivity contribution in [1.82, 2.24) is 9.55 Å². The first-order valence-electron chi connectivity index (χ1n) is 5.77. The summed E-state index contributed by atoms with van der Waals surface area (Å²) in [6.07, 6.45) is 2.27. The van der Waals surface area contributed by atoms with E-state index in [4.69, 9.17) is 9.15 Å². The Bertz CT molecular complexity index is 614. The minimum absolute atomic E-state index is 0.334. The number of hydrogen-bond donors (Lipinski definition) is 0. The average Bonchev–Trinajstić information content (AvgIpc) is 2.70. The van der Waals surface area contributed by atoms with E-state index in [1.54, 1.807) is 19.1 Å². The second-order valence-corrected chi connectivity index (χ2v) is 3.91. The highest BCUT2D eigenvalue weighted by molar-refractivity contribution is 5.77.